The largest absolute Gasteiger partial charge is 0.361 e. The fraction of sp³-hybridized carbons (Fsp3) is 0.111. The molecule has 0 saturated carbocycles. The van der Waals surface area contributed by atoms with Gasteiger partial charge in [0, 0.05) is 17.1 Å². The van der Waals surface area contributed by atoms with Crippen LogP contribution in [-0.4, -0.2) is 4.98 Å². The SMILES string of the molecule is Cc1cc(F)cc2cc[nH]c12. The summed E-state index contributed by atoms with van der Waals surface area (Å²) in [6.45, 7) is 1.89. The van der Waals surface area contributed by atoms with E-state index in [-0.39, 0.29) is 5.82 Å². The van der Waals surface area contributed by atoms with Crippen LogP contribution in [0, 0.1) is 12.7 Å². The molecule has 1 heterocycles. The van der Waals surface area contributed by atoms with Gasteiger partial charge < -0.3 is 4.98 Å². The third-order valence-electron chi connectivity index (χ3n) is 1.82. The molecular formula is C9H8FN. The molecule has 0 aliphatic heterocycles. The van der Waals surface area contributed by atoms with Crippen LogP contribution in [0.3, 0.4) is 0 Å². The van der Waals surface area contributed by atoms with Crippen molar-refractivity contribution in [1.29, 1.82) is 0 Å². The van der Waals surface area contributed by atoms with Crippen LogP contribution < -0.4 is 0 Å². The molecule has 11 heavy (non-hydrogen) atoms. The van der Waals surface area contributed by atoms with Gasteiger partial charge in [-0.25, -0.2) is 4.39 Å². The highest BCUT2D eigenvalue weighted by Gasteiger charge is 1.99. The van der Waals surface area contributed by atoms with E-state index in [2.05, 4.69) is 4.98 Å². The Hall–Kier alpha value is -1.31. The monoisotopic (exact) mass is 149 g/mol. The van der Waals surface area contributed by atoms with Gasteiger partial charge in [0.2, 0.25) is 0 Å². The van der Waals surface area contributed by atoms with E-state index in [1.54, 1.807) is 0 Å². The number of H-pyrrole nitrogens is 1. The van der Waals surface area contributed by atoms with Gasteiger partial charge in [-0.1, -0.05) is 0 Å². The molecule has 0 aliphatic rings. The molecule has 2 heteroatoms. The number of benzene rings is 1. The van der Waals surface area contributed by atoms with Crippen molar-refractivity contribution >= 4 is 10.9 Å². The van der Waals surface area contributed by atoms with Gasteiger partial charge in [-0.15, -0.1) is 0 Å². The summed E-state index contributed by atoms with van der Waals surface area (Å²) in [5, 5.41) is 0.933. The zero-order valence-electron chi connectivity index (χ0n) is 6.19. The van der Waals surface area contributed by atoms with Crippen molar-refractivity contribution < 1.29 is 4.39 Å². The van der Waals surface area contributed by atoms with Gasteiger partial charge in [0.05, 0.1) is 0 Å². The van der Waals surface area contributed by atoms with E-state index in [1.165, 1.54) is 12.1 Å². The maximum atomic E-state index is 12.8. The van der Waals surface area contributed by atoms with Gasteiger partial charge >= 0.3 is 0 Å². The van der Waals surface area contributed by atoms with E-state index in [0.717, 1.165) is 16.5 Å². The molecule has 0 spiro atoms. The molecule has 0 aliphatic carbocycles. The van der Waals surface area contributed by atoms with Crippen molar-refractivity contribution in [3.05, 3.63) is 35.8 Å². The second-order valence-electron chi connectivity index (χ2n) is 2.66. The van der Waals surface area contributed by atoms with Gasteiger partial charge in [-0.05, 0) is 30.7 Å². The maximum absolute atomic E-state index is 12.8. The van der Waals surface area contributed by atoms with Crippen LogP contribution in [0.1, 0.15) is 5.56 Å². The first-order valence-electron chi connectivity index (χ1n) is 3.50. The first-order chi connectivity index (χ1) is 5.27. The molecule has 0 amide bonds. The van der Waals surface area contributed by atoms with Crippen molar-refractivity contribution in [2.24, 2.45) is 0 Å². The van der Waals surface area contributed by atoms with E-state index in [9.17, 15) is 4.39 Å². The van der Waals surface area contributed by atoms with Gasteiger partial charge in [-0.2, -0.15) is 0 Å². The fourth-order valence-electron chi connectivity index (χ4n) is 1.31. The number of aryl methyl sites for hydroxylation is 1. The Kier molecular flexibility index (Phi) is 1.22. The zero-order valence-corrected chi connectivity index (χ0v) is 6.19. The molecule has 0 unspecified atom stereocenters. The van der Waals surface area contributed by atoms with Gasteiger partial charge in [0.1, 0.15) is 5.82 Å². The van der Waals surface area contributed by atoms with Crippen LogP contribution in [0.15, 0.2) is 24.4 Å². The predicted molar refractivity (Wildman–Crippen MR) is 43.0 cm³/mol. The Balaban J connectivity index is 2.91. The van der Waals surface area contributed by atoms with Gasteiger partial charge in [0.15, 0.2) is 0 Å². The Morgan fingerprint density at radius 2 is 2.18 bits per heavy atom. The summed E-state index contributed by atoms with van der Waals surface area (Å²) in [6.07, 6.45) is 1.82. The van der Waals surface area contributed by atoms with Crippen molar-refractivity contribution in [3.63, 3.8) is 0 Å². The van der Waals surface area contributed by atoms with Crippen LogP contribution >= 0.6 is 0 Å². The fourth-order valence-corrected chi connectivity index (χ4v) is 1.31. The second kappa shape index (κ2) is 2.09. The molecule has 1 aromatic heterocycles. The molecule has 1 N–H and O–H groups in total. The van der Waals surface area contributed by atoms with E-state index in [1.807, 2.05) is 19.2 Å². The Morgan fingerprint density at radius 3 is 3.00 bits per heavy atom. The third-order valence-corrected chi connectivity index (χ3v) is 1.82. The van der Waals surface area contributed by atoms with Crippen molar-refractivity contribution in [3.8, 4) is 0 Å². The second-order valence-corrected chi connectivity index (χ2v) is 2.66. The van der Waals surface area contributed by atoms with E-state index >= 15 is 0 Å². The summed E-state index contributed by atoms with van der Waals surface area (Å²) >= 11 is 0. The minimum atomic E-state index is -0.172. The highest BCUT2D eigenvalue weighted by molar-refractivity contribution is 5.82. The highest BCUT2D eigenvalue weighted by Crippen LogP contribution is 2.17. The average Bonchev–Trinajstić information content (AvgIpc) is 2.34. The number of aromatic nitrogens is 1. The quantitative estimate of drug-likeness (QED) is 0.592. The number of nitrogens with one attached hydrogen (secondary N) is 1. The van der Waals surface area contributed by atoms with Crippen molar-refractivity contribution in [2.75, 3.05) is 0 Å². The normalized spacial score (nSPS) is 10.7. The third kappa shape index (κ3) is 0.909. The van der Waals surface area contributed by atoms with Crippen LogP contribution in [0.25, 0.3) is 10.9 Å². The number of hydrogen-bond donors (Lipinski definition) is 1. The van der Waals surface area contributed by atoms with E-state index in [4.69, 9.17) is 0 Å². The van der Waals surface area contributed by atoms with Gasteiger partial charge in [-0.3, -0.25) is 0 Å². The predicted octanol–water partition coefficient (Wildman–Crippen LogP) is 2.62. The number of aromatic amines is 1. The molecule has 2 aromatic rings. The molecule has 0 atom stereocenters. The lowest BCUT2D eigenvalue weighted by molar-refractivity contribution is 0.628. The highest BCUT2D eigenvalue weighted by atomic mass is 19.1. The molecular weight excluding hydrogens is 141 g/mol. The summed E-state index contributed by atoms with van der Waals surface area (Å²) < 4.78 is 12.8. The minimum Gasteiger partial charge on any atom is -0.361 e. The standard InChI is InChI=1S/C9H8FN/c1-6-4-8(10)5-7-2-3-11-9(6)7/h2-5,11H,1H3. The van der Waals surface area contributed by atoms with Crippen molar-refractivity contribution in [2.45, 2.75) is 6.92 Å². The van der Waals surface area contributed by atoms with Gasteiger partial charge in [0.25, 0.3) is 0 Å². The molecule has 56 valence electrons. The summed E-state index contributed by atoms with van der Waals surface area (Å²) in [5.74, 6) is -0.172. The maximum Gasteiger partial charge on any atom is 0.124 e. The summed E-state index contributed by atoms with van der Waals surface area (Å²) in [5.41, 5.74) is 1.97. The Labute approximate surface area is 63.9 Å². The summed E-state index contributed by atoms with van der Waals surface area (Å²) in [6, 6.07) is 4.92. The number of hydrogen-bond acceptors (Lipinski definition) is 0. The molecule has 0 bridgehead atoms. The van der Waals surface area contributed by atoms with E-state index < -0.39 is 0 Å². The molecule has 2 rings (SSSR count). The molecule has 1 aromatic carbocycles. The minimum absolute atomic E-state index is 0.172. The number of rotatable bonds is 0. The summed E-state index contributed by atoms with van der Waals surface area (Å²) in [7, 11) is 0. The number of fused-ring (bicyclic) bond motifs is 1. The number of halogens is 1. The van der Waals surface area contributed by atoms with Crippen LogP contribution in [0.4, 0.5) is 4.39 Å². The van der Waals surface area contributed by atoms with E-state index in [0.29, 0.717) is 0 Å². The molecule has 0 saturated heterocycles. The Bertz CT molecular complexity index is 389. The lowest BCUT2D eigenvalue weighted by atomic mass is 10.2. The molecule has 1 nitrogen and oxygen atoms in total. The smallest absolute Gasteiger partial charge is 0.124 e. The average molecular weight is 149 g/mol. The lowest BCUT2D eigenvalue weighted by Gasteiger charge is -1.95. The molecule has 0 radical (unpaired) electrons. The van der Waals surface area contributed by atoms with Crippen LogP contribution in [0.5, 0.6) is 0 Å². The van der Waals surface area contributed by atoms with Crippen LogP contribution in [-0.2, 0) is 0 Å². The first-order valence-corrected chi connectivity index (χ1v) is 3.50. The summed E-state index contributed by atoms with van der Waals surface area (Å²) in [4.78, 5) is 3.05. The zero-order chi connectivity index (χ0) is 7.84. The first kappa shape index (κ1) is 6.40. The molecule has 0 fully saturated rings. The van der Waals surface area contributed by atoms with Crippen LogP contribution in [0.2, 0.25) is 0 Å². The Morgan fingerprint density at radius 1 is 1.36 bits per heavy atom. The topological polar surface area (TPSA) is 15.8 Å². The lowest BCUT2D eigenvalue weighted by Crippen LogP contribution is -1.79. The van der Waals surface area contributed by atoms with Crippen molar-refractivity contribution in [1.82, 2.24) is 4.98 Å².